The molecule has 0 atom stereocenters. The number of hydrogen-bond acceptors (Lipinski definition) is 5. The summed E-state index contributed by atoms with van der Waals surface area (Å²) in [4.78, 5) is 20.0. The number of aromatic nitrogens is 2. The first kappa shape index (κ1) is 10.4. The fourth-order valence-corrected chi connectivity index (χ4v) is 2.12. The highest BCUT2D eigenvalue weighted by Crippen LogP contribution is 2.31. The van der Waals surface area contributed by atoms with Gasteiger partial charge < -0.3 is 0 Å². The highest BCUT2D eigenvalue weighted by atomic mass is 79.9. The molecule has 0 unspecified atom stereocenters. The standard InChI is InChI=1S/C8H5BrN4OS/c9-6-5(4-12-13-7(6)14)15-8-10-2-1-3-11-8/h1-3H,4H2. The van der Waals surface area contributed by atoms with Crippen molar-refractivity contribution in [3.63, 3.8) is 0 Å². The van der Waals surface area contributed by atoms with E-state index in [1.54, 1.807) is 18.5 Å². The predicted octanol–water partition coefficient (Wildman–Crippen LogP) is 2.17. The monoisotopic (exact) mass is 284 g/mol. The fraction of sp³-hybridized carbons (Fsp3) is 0.125. The van der Waals surface area contributed by atoms with Gasteiger partial charge in [-0.15, -0.1) is 5.11 Å². The molecule has 0 N–H and O–H groups in total. The smallest absolute Gasteiger partial charge is 0.264 e. The van der Waals surface area contributed by atoms with Crippen molar-refractivity contribution in [3.05, 3.63) is 27.8 Å². The molecule has 0 radical (unpaired) electrons. The van der Waals surface area contributed by atoms with E-state index in [-0.39, 0.29) is 5.91 Å². The Morgan fingerprint density at radius 1 is 1.33 bits per heavy atom. The normalized spacial score (nSPS) is 15.9. The Hall–Kier alpha value is -1.08. The molecule has 1 aromatic rings. The molecule has 1 aromatic heterocycles. The van der Waals surface area contributed by atoms with Gasteiger partial charge in [-0.2, -0.15) is 5.11 Å². The molecule has 0 fully saturated rings. The molecule has 1 aliphatic rings. The molecule has 0 bridgehead atoms. The summed E-state index contributed by atoms with van der Waals surface area (Å²) in [5.74, 6) is -0.361. The number of carbonyl (C=O) groups is 1. The van der Waals surface area contributed by atoms with Crippen molar-refractivity contribution in [2.45, 2.75) is 5.16 Å². The average molecular weight is 285 g/mol. The molecule has 1 amide bonds. The third-order valence-corrected chi connectivity index (χ3v) is 3.62. The lowest BCUT2D eigenvalue weighted by atomic mass is 10.4. The second-order valence-corrected chi connectivity index (χ2v) is 4.43. The van der Waals surface area contributed by atoms with Gasteiger partial charge in [0.05, 0.1) is 11.0 Å². The molecule has 15 heavy (non-hydrogen) atoms. The summed E-state index contributed by atoms with van der Waals surface area (Å²) in [5.41, 5.74) is 0. The lowest BCUT2D eigenvalue weighted by Gasteiger charge is -2.07. The van der Waals surface area contributed by atoms with E-state index in [2.05, 4.69) is 36.1 Å². The zero-order chi connectivity index (χ0) is 10.7. The molecule has 2 rings (SSSR count). The highest BCUT2D eigenvalue weighted by Gasteiger charge is 2.18. The van der Waals surface area contributed by atoms with E-state index in [0.29, 0.717) is 16.2 Å². The first-order valence-corrected chi connectivity index (χ1v) is 5.63. The molecular formula is C8H5BrN4OS. The van der Waals surface area contributed by atoms with E-state index < -0.39 is 0 Å². The number of azo groups is 1. The van der Waals surface area contributed by atoms with Gasteiger partial charge in [-0.3, -0.25) is 4.79 Å². The summed E-state index contributed by atoms with van der Waals surface area (Å²) in [5, 5.41) is 7.72. The van der Waals surface area contributed by atoms with Crippen LogP contribution in [-0.4, -0.2) is 22.4 Å². The molecule has 76 valence electrons. The van der Waals surface area contributed by atoms with Crippen LogP contribution < -0.4 is 0 Å². The number of thioether (sulfide) groups is 1. The number of nitrogens with zero attached hydrogens (tertiary/aromatic N) is 4. The first-order valence-electron chi connectivity index (χ1n) is 4.03. The van der Waals surface area contributed by atoms with E-state index in [9.17, 15) is 4.79 Å². The second-order valence-electron chi connectivity index (χ2n) is 2.58. The van der Waals surface area contributed by atoms with Crippen molar-refractivity contribution in [3.8, 4) is 0 Å². The fourth-order valence-electron chi connectivity index (χ4n) is 0.922. The molecule has 0 aliphatic carbocycles. The summed E-state index contributed by atoms with van der Waals surface area (Å²) in [7, 11) is 0. The minimum absolute atomic E-state index is 0.361. The molecule has 0 spiro atoms. The number of rotatable bonds is 2. The minimum atomic E-state index is -0.361. The zero-order valence-electron chi connectivity index (χ0n) is 7.42. The highest BCUT2D eigenvalue weighted by molar-refractivity contribution is 9.12. The Morgan fingerprint density at radius 3 is 2.80 bits per heavy atom. The van der Waals surface area contributed by atoms with Gasteiger partial charge in [0.2, 0.25) is 0 Å². The third kappa shape index (κ3) is 2.48. The summed E-state index contributed by atoms with van der Waals surface area (Å²) in [6.07, 6.45) is 3.30. The van der Waals surface area contributed by atoms with Gasteiger partial charge >= 0.3 is 5.91 Å². The van der Waals surface area contributed by atoms with Crippen LogP contribution in [0.3, 0.4) is 0 Å². The van der Waals surface area contributed by atoms with Crippen LogP contribution in [0.4, 0.5) is 0 Å². The first-order chi connectivity index (χ1) is 7.27. The van der Waals surface area contributed by atoms with Crippen molar-refractivity contribution in [2.24, 2.45) is 10.2 Å². The number of carbonyl (C=O) groups excluding carboxylic acids is 1. The summed E-state index contributed by atoms with van der Waals surface area (Å²) < 4.78 is 0.440. The Kier molecular flexibility index (Phi) is 3.22. The number of amides is 1. The molecular weight excluding hydrogens is 280 g/mol. The van der Waals surface area contributed by atoms with Crippen LogP contribution in [-0.2, 0) is 4.79 Å². The van der Waals surface area contributed by atoms with Crippen LogP contribution in [0.1, 0.15) is 0 Å². The van der Waals surface area contributed by atoms with E-state index in [4.69, 9.17) is 0 Å². The van der Waals surface area contributed by atoms with Crippen LogP contribution in [0.5, 0.6) is 0 Å². The van der Waals surface area contributed by atoms with Crippen molar-refractivity contribution >= 4 is 33.6 Å². The van der Waals surface area contributed by atoms with Gasteiger partial charge in [-0.05, 0) is 22.0 Å². The van der Waals surface area contributed by atoms with Crippen LogP contribution in [0, 0.1) is 0 Å². The summed E-state index contributed by atoms with van der Waals surface area (Å²) >= 11 is 4.49. The Morgan fingerprint density at radius 2 is 2.07 bits per heavy atom. The van der Waals surface area contributed by atoms with Crippen LogP contribution >= 0.6 is 27.7 Å². The van der Waals surface area contributed by atoms with E-state index in [1.165, 1.54) is 11.8 Å². The van der Waals surface area contributed by atoms with Crippen LogP contribution in [0.2, 0.25) is 0 Å². The lowest BCUT2D eigenvalue weighted by Crippen LogP contribution is -2.03. The van der Waals surface area contributed by atoms with Gasteiger partial charge in [-0.1, -0.05) is 11.8 Å². The molecule has 1 aliphatic heterocycles. The number of halogens is 1. The van der Waals surface area contributed by atoms with E-state index in [0.717, 1.165) is 4.91 Å². The zero-order valence-corrected chi connectivity index (χ0v) is 9.82. The average Bonchev–Trinajstić information content (AvgIpc) is 2.26. The van der Waals surface area contributed by atoms with Crippen molar-refractivity contribution in [1.82, 2.24) is 9.97 Å². The van der Waals surface area contributed by atoms with Crippen molar-refractivity contribution in [1.29, 1.82) is 0 Å². The number of hydrogen-bond donors (Lipinski definition) is 0. The molecule has 7 heteroatoms. The van der Waals surface area contributed by atoms with Crippen molar-refractivity contribution < 1.29 is 4.79 Å². The quantitative estimate of drug-likeness (QED) is 0.781. The largest absolute Gasteiger partial charge is 0.302 e. The van der Waals surface area contributed by atoms with E-state index in [1.807, 2.05) is 0 Å². The second kappa shape index (κ2) is 4.63. The van der Waals surface area contributed by atoms with Crippen LogP contribution in [0.15, 0.2) is 43.2 Å². The van der Waals surface area contributed by atoms with Crippen molar-refractivity contribution in [2.75, 3.05) is 6.54 Å². The topological polar surface area (TPSA) is 67.6 Å². The van der Waals surface area contributed by atoms with Gasteiger partial charge in [0.25, 0.3) is 0 Å². The molecule has 0 saturated carbocycles. The van der Waals surface area contributed by atoms with Crippen LogP contribution in [0.25, 0.3) is 0 Å². The maximum absolute atomic E-state index is 11.2. The Balaban J connectivity index is 2.20. The summed E-state index contributed by atoms with van der Waals surface area (Å²) in [6.45, 7) is 0.384. The maximum Gasteiger partial charge on any atom is 0.302 e. The molecule has 0 saturated heterocycles. The SMILES string of the molecule is O=C1N=NCC(Sc2ncccn2)=C1Br. The Labute approximate surface area is 98.2 Å². The molecule has 0 aromatic carbocycles. The van der Waals surface area contributed by atoms with Gasteiger partial charge in [0.1, 0.15) is 0 Å². The minimum Gasteiger partial charge on any atom is -0.264 e. The van der Waals surface area contributed by atoms with Gasteiger partial charge in [-0.25, -0.2) is 9.97 Å². The third-order valence-electron chi connectivity index (χ3n) is 1.56. The predicted molar refractivity (Wildman–Crippen MR) is 58.6 cm³/mol. The van der Waals surface area contributed by atoms with Gasteiger partial charge in [0, 0.05) is 17.3 Å². The maximum atomic E-state index is 11.2. The lowest BCUT2D eigenvalue weighted by molar-refractivity contribution is -0.114. The Bertz CT molecular complexity index is 445. The molecule has 2 heterocycles. The van der Waals surface area contributed by atoms with E-state index >= 15 is 0 Å². The summed E-state index contributed by atoms with van der Waals surface area (Å²) in [6, 6.07) is 1.74. The van der Waals surface area contributed by atoms with Gasteiger partial charge in [0.15, 0.2) is 5.16 Å². The molecule has 5 nitrogen and oxygen atoms in total.